The first-order valence-corrected chi connectivity index (χ1v) is 8.17. The molecule has 1 aromatic rings. The van der Waals surface area contributed by atoms with Crippen LogP contribution >= 0.6 is 15.9 Å². The monoisotopic (exact) mass is 340 g/mol. The van der Waals surface area contributed by atoms with Crippen molar-refractivity contribution in [2.45, 2.75) is 52.5 Å². The summed E-state index contributed by atoms with van der Waals surface area (Å²) in [4.78, 5) is 2.41. The summed E-state index contributed by atoms with van der Waals surface area (Å²) in [6.45, 7) is 11.4. The Hall–Kier alpha value is -0.580. The Balaban J connectivity index is 2.08. The highest BCUT2D eigenvalue weighted by Gasteiger charge is 2.22. The van der Waals surface area contributed by atoms with Gasteiger partial charge in [0.1, 0.15) is 0 Å². The molecule has 0 radical (unpaired) electrons. The SMILES string of the molecule is CC(C)NCc1ccc(N2CC(C)OC(C)C2)cc1Br. The zero-order valence-corrected chi connectivity index (χ0v) is 14.4. The number of anilines is 1. The minimum absolute atomic E-state index is 0.291. The molecule has 112 valence electrons. The van der Waals surface area contributed by atoms with E-state index in [2.05, 4.69) is 72.0 Å². The Morgan fingerprint density at radius 1 is 1.30 bits per heavy atom. The molecular weight excluding hydrogens is 316 g/mol. The fraction of sp³-hybridized carbons (Fsp3) is 0.625. The van der Waals surface area contributed by atoms with Crippen LogP contribution in [0.25, 0.3) is 0 Å². The van der Waals surface area contributed by atoms with E-state index in [1.165, 1.54) is 15.7 Å². The van der Waals surface area contributed by atoms with Gasteiger partial charge in [-0.15, -0.1) is 0 Å². The van der Waals surface area contributed by atoms with Gasteiger partial charge in [0.2, 0.25) is 0 Å². The number of morpholine rings is 1. The molecule has 0 spiro atoms. The van der Waals surface area contributed by atoms with Crippen molar-refractivity contribution in [1.82, 2.24) is 5.32 Å². The number of ether oxygens (including phenoxy) is 1. The highest BCUT2D eigenvalue weighted by Crippen LogP contribution is 2.26. The molecule has 0 saturated carbocycles. The molecule has 1 N–H and O–H groups in total. The van der Waals surface area contributed by atoms with Crippen LogP contribution in [0.15, 0.2) is 22.7 Å². The van der Waals surface area contributed by atoms with E-state index >= 15 is 0 Å². The quantitative estimate of drug-likeness (QED) is 0.906. The lowest BCUT2D eigenvalue weighted by Gasteiger charge is -2.37. The van der Waals surface area contributed by atoms with Crippen LogP contribution in [-0.4, -0.2) is 31.3 Å². The van der Waals surface area contributed by atoms with E-state index in [-0.39, 0.29) is 0 Å². The second-order valence-corrected chi connectivity index (χ2v) is 6.83. The lowest BCUT2D eigenvalue weighted by atomic mass is 10.1. The van der Waals surface area contributed by atoms with Gasteiger partial charge in [-0.05, 0) is 31.5 Å². The molecule has 1 saturated heterocycles. The number of rotatable bonds is 4. The Labute approximate surface area is 130 Å². The van der Waals surface area contributed by atoms with Gasteiger partial charge in [-0.1, -0.05) is 35.8 Å². The first-order chi connectivity index (χ1) is 9.45. The van der Waals surface area contributed by atoms with E-state index in [1.807, 2.05) is 0 Å². The standard InChI is InChI=1S/C16H25BrN2O/c1-11(2)18-8-14-5-6-15(7-16(14)17)19-9-12(3)20-13(4)10-19/h5-7,11-13,18H,8-10H2,1-4H3. The van der Waals surface area contributed by atoms with Crippen molar-refractivity contribution in [3.05, 3.63) is 28.2 Å². The molecule has 1 aliphatic rings. The van der Waals surface area contributed by atoms with Crippen molar-refractivity contribution in [3.8, 4) is 0 Å². The zero-order valence-electron chi connectivity index (χ0n) is 12.8. The Morgan fingerprint density at radius 2 is 1.95 bits per heavy atom. The summed E-state index contributed by atoms with van der Waals surface area (Å²) in [5.74, 6) is 0. The van der Waals surface area contributed by atoms with Gasteiger partial charge < -0.3 is 15.0 Å². The van der Waals surface area contributed by atoms with Crippen molar-refractivity contribution >= 4 is 21.6 Å². The van der Waals surface area contributed by atoms with Crippen LogP contribution in [-0.2, 0) is 11.3 Å². The number of hydrogen-bond acceptors (Lipinski definition) is 3. The van der Waals surface area contributed by atoms with Crippen molar-refractivity contribution in [1.29, 1.82) is 0 Å². The summed E-state index contributed by atoms with van der Waals surface area (Å²) in [5, 5.41) is 3.45. The smallest absolute Gasteiger partial charge is 0.0726 e. The molecule has 1 aliphatic heterocycles. The minimum atomic E-state index is 0.291. The molecule has 1 heterocycles. The van der Waals surface area contributed by atoms with Crippen LogP contribution in [0.3, 0.4) is 0 Å². The fourth-order valence-corrected chi connectivity index (χ4v) is 3.09. The molecule has 20 heavy (non-hydrogen) atoms. The van der Waals surface area contributed by atoms with E-state index in [1.54, 1.807) is 0 Å². The topological polar surface area (TPSA) is 24.5 Å². The first kappa shape index (κ1) is 15.8. The molecule has 2 unspecified atom stereocenters. The van der Waals surface area contributed by atoms with Gasteiger partial charge in [0.15, 0.2) is 0 Å². The summed E-state index contributed by atoms with van der Waals surface area (Å²) in [6, 6.07) is 7.15. The average molecular weight is 341 g/mol. The third-order valence-electron chi connectivity index (χ3n) is 3.52. The zero-order chi connectivity index (χ0) is 14.7. The summed E-state index contributed by atoms with van der Waals surface area (Å²) in [7, 11) is 0. The molecule has 0 aliphatic carbocycles. The van der Waals surface area contributed by atoms with Gasteiger partial charge in [0, 0.05) is 35.8 Å². The third-order valence-corrected chi connectivity index (χ3v) is 4.26. The highest BCUT2D eigenvalue weighted by molar-refractivity contribution is 9.10. The maximum absolute atomic E-state index is 5.79. The summed E-state index contributed by atoms with van der Waals surface area (Å²) in [6.07, 6.45) is 0.583. The van der Waals surface area contributed by atoms with Gasteiger partial charge in [-0.3, -0.25) is 0 Å². The van der Waals surface area contributed by atoms with Gasteiger partial charge >= 0.3 is 0 Å². The summed E-state index contributed by atoms with van der Waals surface area (Å²) >= 11 is 3.70. The van der Waals surface area contributed by atoms with Gasteiger partial charge in [-0.25, -0.2) is 0 Å². The van der Waals surface area contributed by atoms with Crippen LogP contribution in [0.1, 0.15) is 33.3 Å². The van der Waals surface area contributed by atoms with Crippen LogP contribution in [0.4, 0.5) is 5.69 Å². The Bertz CT molecular complexity index is 440. The fourth-order valence-electron chi connectivity index (χ4n) is 2.58. The van der Waals surface area contributed by atoms with Crippen molar-refractivity contribution in [3.63, 3.8) is 0 Å². The molecule has 0 aromatic heterocycles. The van der Waals surface area contributed by atoms with Crippen molar-refractivity contribution < 1.29 is 4.74 Å². The molecule has 0 bridgehead atoms. The van der Waals surface area contributed by atoms with Crippen LogP contribution in [0, 0.1) is 0 Å². The molecule has 4 heteroatoms. The number of nitrogens with zero attached hydrogens (tertiary/aromatic N) is 1. The van der Waals surface area contributed by atoms with Crippen LogP contribution < -0.4 is 10.2 Å². The molecule has 1 fully saturated rings. The van der Waals surface area contributed by atoms with E-state index in [0.29, 0.717) is 18.2 Å². The molecule has 3 nitrogen and oxygen atoms in total. The lowest BCUT2D eigenvalue weighted by Crippen LogP contribution is -2.45. The van der Waals surface area contributed by atoms with E-state index < -0.39 is 0 Å². The maximum Gasteiger partial charge on any atom is 0.0726 e. The first-order valence-electron chi connectivity index (χ1n) is 7.38. The van der Waals surface area contributed by atoms with Gasteiger partial charge in [-0.2, -0.15) is 0 Å². The largest absolute Gasteiger partial charge is 0.372 e. The Morgan fingerprint density at radius 3 is 2.50 bits per heavy atom. The second kappa shape index (κ2) is 6.92. The highest BCUT2D eigenvalue weighted by atomic mass is 79.9. The van der Waals surface area contributed by atoms with E-state index in [0.717, 1.165) is 19.6 Å². The van der Waals surface area contributed by atoms with Crippen molar-refractivity contribution in [2.24, 2.45) is 0 Å². The molecule has 1 aromatic carbocycles. The minimum Gasteiger partial charge on any atom is -0.372 e. The predicted octanol–water partition coefficient (Wildman–Crippen LogP) is 3.56. The van der Waals surface area contributed by atoms with E-state index in [9.17, 15) is 0 Å². The average Bonchev–Trinajstić information content (AvgIpc) is 2.35. The second-order valence-electron chi connectivity index (χ2n) is 5.97. The molecule has 2 rings (SSSR count). The lowest BCUT2D eigenvalue weighted by molar-refractivity contribution is -0.00522. The number of benzene rings is 1. The van der Waals surface area contributed by atoms with Crippen LogP contribution in [0.5, 0.6) is 0 Å². The van der Waals surface area contributed by atoms with E-state index in [4.69, 9.17) is 4.74 Å². The Kier molecular flexibility index (Phi) is 5.47. The van der Waals surface area contributed by atoms with Crippen LogP contribution in [0.2, 0.25) is 0 Å². The molecular formula is C16H25BrN2O. The third kappa shape index (κ3) is 4.21. The molecule has 0 amide bonds. The number of nitrogens with one attached hydrogen (secondary N) is 1. The van der Waals surface area contributed by atoms with Gasteiger partial charge in [0.05, 0.1) is 12.2 Å². The number of hydrogen-bond donors (Lipinski definition) is 1. The molecule has 2 atom stereocenters. The maximum atomic E-state index is 5.79. The summed E-state index contributed by atoms with van der Waals surface area (Å²) in [5.41, 5.74) is 2.57. The summed E-state index contributed by atoms with van der Waals surface area (Å²) < 4.78 is 6.97. The van der Waals surface area contributed by atoms with Crippen molar-refractivity contribution in [2.75, 3.05) is 18.0 Å². The number of halogens is 1. The normalized spacial score (nSPS) is 23.4. The van der Waals surface area contributed by atoms with Gasteiger partial charge in [0.25, 0.3) is 0 Å². The predicted molar refractivity (Wildman–Crippen MR) is 88.3 cm³/mol.